The Hall–Kier alpha value is -3.42. The maximum atomic E-state index is 16.4. The van der Waals surface area contributed by atoms with E-state index >= 15 is 4.39 Å². The van der Waals surface area contributed by atoms with Crippen LogP contribution in [0.5, 0.6) is 0 Å². The number of pyridine rings is 1. The van der Waals surface area contributed by atoms with Crippen LogP contribution in [0.25, 0.3) is 32.2 Å². The van der Waals surface area contributed by atoms with E-state index in [0.29, 0.717) is 22.8 Å². The van der Waals surface area contributed by atoms with Crippen molar-refractivity contribution in [2.75, 3.05) is 23.7 Å². The lowest BCUT2D eigenvalue weighted by atomic mass is 9.71. The molecular weight excluding hydrogens is 482 g/mol. The number of benzene rings is 1. The van der Waals surface area contributed by atoms with Crippen molar-refractivity contribution in [3.63, 3.8) is 0 Å². The lowest BCUT2D eigenvalue weighted by Gasteiger charge is -2.51. The van der Waals surface area contributed by atoms with Gasteiger partial charge in [0, 0.05) is 41.0 Å². The molecule has 0 aliphatic carbocycles. The first-order valence-electron chi connectivity index (χ1n) is 11.9. The minimum absolute atomic E-state index is 0.0949. The number of aromatic nitrogens is 3. The van der Waals surface area contributed by atoms with Crippen LogP contribution in [0.15, 0.2) is 12.4 Å². The summed E-state index contributed by atoms with van der Waals surface area (Å²) >= 11 is 0.957. The summed E-state index contributed by atoms with van der Waals surface area (Å²) in [6.07, 6.45) is 3.79. The van der Waals surface area contributed by atoms with Gasteiger partial charge in [0.15, 0.2) is 11.6 Å². The number of ether oxygens (including phenoxy) is 1. The summed E-state index contributed by atoms with van der Waals surface area (Å²) in [7, 11) is 0. The number of nitrogen functional groups attached to an aromatic ring is 1. The van der Waals surface area contributed by atoms with Gasteiger partial charge in [-0.15, -0.1) is 11.3 Å². The third kappa shape index (κ3) is 3.12. The summed E-state index contributed by atoms with van der Waals surface area (Å²) < 4.78 is 36.8. The molecule has 2 aliphatic rings. The fraction of sp³-hybridized carbons (Fsp3) is 0.385. The van der Waals surface area contributed by atoms with Crippen LogP contribution in [0, 0.1) is 34.3 Å². The summed E-state index contributed by atoms with van der Waals surface area (Å²) in [6, 6.07) is 2.03. The first-order chi connectivity index (χ1) is 17.3. The second-order valence-corrected chi connectivity index (χ2v) is 11.1. The van der Waals surface area contributed by atoms with E-state index < -0.39 is 11.6 Å². The molecule has 1 saturated heterocycles. The Labute approximate surface area is 210 Å². The van der Waals surface area contributed by atoms with Crippen LogP contribution in [-0.2, 0) is 18.0 Å². The number of nitrogens with zero attached hydrogens (tertiary/aromatic N) is 5. The Balaban J connectivity index is 1.56. The number of thiophene rings is 1. The predicted molar refractivity (Wildman–Crippen MR) is 135 cm³/mol. The van der Waals surface area contributed by atoms with Crippen molar-refractivity contribution in [3.8, 4) is 17.3 Å². The van der Waals surface area contributed by atoms with Crippen molar-refractivity contribution in [2.24, 2.45) is 11.3 Å². The molecule has 10 heteroatoms. The van der Waals surface area contributed by atoms with Gasteiger partial charge in [-0.05, 0) is 17.0 Å². The molecule has 0 saturated carbocycles. The zero-order valence-electron chi connectivity index (χ0n) is 20.2. The van der Waals surface area contributed by atoms with Gasteiger partial charge in [0.2, 0.25) is 5.95 Å². The van der Waals surface area contributed by atoms with Crippen LogP contribution < -0.4 is 10.6 Å². The number of fused-ring (bicyclic) bond motifs is 4. The van der Waals surface area contributed by atoms with Gasteiger partial charge in [-0.2, -0.15) is 5.26 Å². The molecule has 1 atom stereocenters. The molecule has 1 fully saturated rings. The zero-order chi connectivity index (χ0) is 25.4. The molecule has 184 valence electrons. The normalized spacial score (nSPS) is 17.3. The fourth-order valence-corrected chi connectivity index (χ4v) is 6.38. The topological polar surface area (TPSA) is 101 Å². The highest BCUT2D eigenvalue weighted by atomic mass is 32.1. The van der Waals surface area contributed by atoms with Gasteiger partial charge in [0.25, 0.3) is 0 Å². The van der Waals surface area contributed by atoms with Gasteiger partial charge in [0.1, 0.15) is 16.6 Å². The molecule has 6 rings (SSSR count). The van der Waals surface area contributed by atoms with E-state index in [9.17, 15) is 9.65 Å². The van der Waals surface area contributed by atoms with Gasteiger partial charge >= 0.3 is 0 Å². The number of hydrogen-bond acceptors (Lipinski definition) is 8. The lowest BCUT2D eigenvalue weighted by Crippen LogP contribution is -2.58. The van der Waals surface area contributed by atoms with Gasteiger partial charge in [-0.3, -0.25) is 4.98 Å². The van der Waals surface area contributed by atoms with E-state index in [-0.39, 0.29) is 56.1 Å². The lowest BCUT2D eigenvalue weighted by molar-refractivity contribution is 0.135. The highest BCUT2D eigenvalue weighted by Crippen LogP contribution is 2.46. The van der Waals surface area contributed by atoms with E-state index in [1.807, 2.05) is 6.07 Å². The Kier molecular flexibility index (Phi) is 5.14. The molecule has 0 amide bonds. The van der Waals surface area contributed by atoms with E-state index in [1.165, 1.54) is 0 Å². The molecule has 1 unspecified atom stereocenters. The van der Waals surface area contributed by atoms with Crippen LogP contribution >= 0.6 is 11.3 Å². The second-order valence-electron chi connectivity index (χ2n) is 10.0. The number of anilines is 2. The largest absolute Gasteiger partial charge is 0.389 e. The fourth-order valence-electron chi connectivity index (χ4n) is 5.46. The van der Waals surface area contributed by atoms with E-state index in [0.717, 1.165) is 42.6 Å². The number of nitriles is 1. The average Bonchev–Trinajstić information content (AvgIpc) is 3.47. The average molecular weight is 507 g/mol. The Morgan fingerprint density at radius 3 is 2.72 bits per heavy atom. The summed E-state index contributed by atoms with van der Waals surface area (Å²) in [6.45, 7) is 8.73. The molecule has 0 bridgehead atoms. The third-order valence-electron chi connectivity index (χ3n) is 7.92. The minimum atomic E-state index is -0.604. The van der Waals surface area contributed by atoms with Crippen LogP contribution in [-0.4, -0.2) is 28.0 Å². The van der Waals surface area contributed by atoms with Crippen LogP contribution in [0.2, 0.25) is 0 Å². The van der Waals surface area contributed by atoms with Crippen molar-refractivity contribution < 1.29 is 13.5 Å². The molecule has 4 aromatic rings. The Morgan fingerprint density at radius 2 is 2.00 bits per heavy atom. The van der Waals surface area contributed by atoms with Crippen molar-refractivity contribution in [2.45, 2.75) is 40.4 Å². The number of nitrogens with two attached hydrogens (primary N) is 1. The number of hydrogen-bond donors (Lipinski definition) is 1. The zero-order valence-corrected chi connectivity index (χ0v) is 21.0. The molecule has 0 radical (unpaired) electrons. The summed E-state index contributed by atoms with van der Waals surface area (Å²) in [5.74, 6) is -0.163. The first-order valence-corrected chi connectivity index (χ1v) is 12.7. The van der Waals surface area contributed by atoms with Crippen molar-refractivity contribution in [3.05, 3.63) is 40.7 Å². The Bertz CT molecular complexity index is 1600. The molecule has 1 aromatic carbocycles. The van der Waals surface area contributed by atoms with Crippen LogP contribution in [0.3, 0.4) is 0 Å². The van der Waals surface area contributed by atoms with E-state index in [4.69, 9.17) is 10.5 Å². The van der Waals surface area contributed by atoms with Crippen molar-refractivity contribution in [1.82, 2.24) is 15.0 Å². The molecule has 3 aromatic heterocycles. The van der Waals surface area contributed by atoms with E-state index in [2.05, 4.69) is 40.6 Å². The summed E-state index contributed by atoms with van der Waals surface area (Å²) in [4.78, 5) is 15.5. The number of rotatable bonds is 4. The SMILES string of the molecule is CCC(C)C1(C)CN(c2ncc3c4c(c(-c5ncc(F)c6sc(N)c(C#N)c56)c(F)c3n2)COC4)C1. The van der Waals surface area contributed by atoms with Crippen molar-refractivity contribution in [1.29, 1.82) is 5.26 Å². The van der Waals surface area contributed by atoms with Gasteiger partial charge in [-0.25, -0.2) is 18.7 Å². The standard InChI is InChI=1S/C26H24F2N6OS/c1-4-12(2)26(3)10-34(11-26)25-32-6-14-15-8-35-9-16(15)18(20(28)21(14)33-25)22-19-13(5-29)24(30)36-23(19)17(27)7-31-22/h6-7,12H,4,8-11,30H2,1-3H3. The first kappa shape index (κ1) is 23.0. The molecule has 0 spiro atoms. The highest BCUT2D eigenvalue weighted by molar-refractivity contribution is 7.23. The molecular formula is C26H24F2N6OS. The van der Waals surface area contributed by atoms with Gasteiger partial charge in [0.05, 0.1) is 35.4 Å². The van der Waals surface area contributed by atoms with Gasteiger partial charge in [-0.1, -0.05) is 27.2 Å². The molecule has 36 heavy (non-hydrogen) atoms. The predicted octanol–water partition coefficient (Wildman–Crippen LogP) is 5.54. The highest BCUT2D eigenvalue weighted by Gasteiger charge is 2.43. The summed E-state index contributed by atoms with van der Waals surface area (Å²) in [5, 5.41) is 10.7. The molecule has 7 nitrogen and oxygen atoms in total. The van der Waals surface area contributed by atoms with Gasteiger partial charge < -0.3 is 15.4 Å². The second kappa shape index (κ2) is 8.05. The van der Waals surface area contributed by atoms with Crippen LogP contribution in [0.1, 0.15) is 43.9 Å². The summed E-state index contributed by atoms with van der Waals surface area (Å²) in [5.41, 5.74) is 8.17. The van der Waals surface area contributed by atoms with Crippen LogP contribution in [0.4, 0.5) is 19.7 Å². The molecule has 5 heterocycles. The van der Waals surface area contributed by atoms with E-state index in [1.54, 1.807) is 6.20 Å². The smallest absolute Gasteiger partial charge is 0.226 e. The van der Waals surface area contributed by atoms with Crippen molar-refractivity contribution >= 4 is 43.3 Å². The maximum Gasteiger partial charge on any atom is 0.226 e. The molecule has 2 N–H and O–H groups in total. The molecule has 2 aliphatic heterocycles. The maximum absolute atomic E-state index is 16.4. The quantitative estimate of drug-likeness (QED) is 0.388. The third-order valence-corrected chi connectivity index (χ3v) is 8.95. The number of halogens is 2. The monoisotopic (exact) mass is 506 g/mol. The minimum Gasteiger partial charge on any atom is -0.389 e. The Morgan fingerprint density at radius 1 is 1.25 bits per heavy atom.